The van der Waals surface area contributed by atoms with Gasteiger partial charge in [0.1, 0.15) is 17.2 Å². The molecule has 1 fully saturated rings. The second-order valence-corrected chi connectivity index (χ2v) is 9.31. The Hall–Kier alpha value is -3.54. The van der Waals surface area contributed by atoms with Crippen LogP contribution in [0.1, 0.15) is 59.4 Å². The third-order valence-electron chi connectivity index (χ3n) is 5.97. The zero-order valence-corrected chi connectivity index (χ0v) is 19.1. The standard InChI is InChI=1S/C26H25FN4O3/c1-26(2,33)8-7-15-3-4-16(29-11-15)12-31(17-5-6-17)25(32)19-9-18-20-13-34-14-21(20)24(28)30-23(18)10-22(19)27/h3-4,9-11,17,33H,5-6,12-14H2,1-2H3,(H2,28,30). The third-order valence-corrected chi connectivity index (χ3v) is 5.97. The number of fused-ring (bicyclic) bond motifs is 3. The summed E-state index contributed by atoms with van der Waals surface area (Å²) in [5.74, 6) is 4.96. The first kappa shape index (κ1) is 22.3. The highest BCUT2D eigenvalue weighted by atomic mass is 19.1. The summed E-state index contributed by atoms with van der Waals surface area (Å²) in [4.78, 5) is 23.9. The lowest BCUT2D eigenvalue weighted by Gasteiger charge is -2.23. The lowest BCUT2D eigenvalue weighted by Crippen LogP contribution is -2.33. The monoisotopic (exact) mass is 460 g/mol. The molecule has 2 aliphatic rings. The molecule has 1 aliphatic heterocycles. The Morgan fingerprint density at radius 2 is 2.06 bits per heavy atom. The van der Waals surface area contributed by atoms with Gasteiger partial charge in [-0.05, 0) is 50.5 Å². The zero-order chi connectivity index (χ0) is 24.0. The molecule has 3 heterocycles. The first-order chi connectivity index (χ1) is 16.2. The number of hydrogen-bond acceptors (Lipinski definition) is 6. The Morgan fingerprint density at radius 1 is 1.29 bits per heavy atom. The molecule has 5 rings (SSSR count). The molecule has 0 spiro atoms. The average molecular weight is 461 g/mol. The number of halogens is 1. The maximum atomic E-state index is 15.1. The predicted molar refractivity (Wildman–Crippen MR) is 125 cm³/mol. The number of amides is 1. The van der Waals surface area contributed by atoms with Gasteiger partial charge in [-0.2, -0.15) is 0 Å². The Labute approximate surface area is 196 Å². The number of hydrogen-bond donors (Lipinski definition) is 2. The maximum Gasteiger partial charge on any atom is 0.257 e. The number of aromatic nitrogens is 2. The SMILES string of the molecule is CC(C)(O)C#Cc1ccc(CN(C(=O)c2cc3c4c(c(N)nc3cc2F)COC4)C2CC2)nc1. The quantitative estimate of drug-likeness (QED) is 0.580. The maximum absolute atomic E-state index is 15.1. The number of nitrogens with zero attached hydrogens (tertiary/aromatic N) is 3. The van der Waals surface area contributed by atoms with Gasteiger partial charge in [-0.25, -0.2) is 9.37 Å². The van der Waals surface area contributed by atoms with Gasteiger partial charge in [0, 0.05) is 34.8 Å². The predicted octanol–water partition coefficient (Wildman–Crippen LogP) is 3.31. The fourth-order valence-electron chi connectivity index (χ4n) is 4.06. The number of anilines is 1. The molecule has 0 bridgehead atoms. The number of aliphatic hydroxyl groups is 1. The van der Waals surface area contributed by atoms with E-state index in [-0.39, 0.29) is 24.1 Å². The molecule has 0 unspecified atom stereocenters. The molecule has 1 aromatic carbocycles. The van der Waals surface area contributed by atoms with E-state index < -0.39 is 11.4 Å². The molecule has 3 N–H and O–H groups in total. The van der Waals surface area contributed by atoms with Gasteiger partial charge < -0.3 is 20.5 Å². The number of rotatable bonds is 4. The van der Waals surface area contributed by atoms with Crippen LogP contribution in [0.2, 0.25) is 0 Å². The van der Waals surface area contributed by atoms with Crippen LogP contribution >= 0.6 is 0 Å². The molecular formula is C26H25FN4O3. The van der Waals surface area contributed by atoms with E-state index in [1.807, 2.05) is 0 Å². The molecule has 0 atom stereocenters. The van der Waals surface area contributed by atoms with Crippen molar-refractivity contribution in [3.8, 4) is 11.8 Å². The van der Waals surface area contributed by atoms with E-state index >= 15 is 4.39 Å². The van der Waals surface area contributed by atoms with Crippen LogP contribution in [0.25, 0.3) is 10.9 Å². The Morgan fingerprint density at radius 3 is 2.74 bits per heavy atom. The average Bonchev–Trinajstić information content (AvgIpc) is 3.50. The highest BCUT2D eigenvalue weighted by molar-refractivity contribution is 5.99. The summed E-state index contributed by atoms with van der Waals surface area (Å²) in [6, 6.07) is 6.50. The van der Waals surface area contributed by atoms with Gasteiger partial charge in [0.2, 0.25) is 0 Å². The van der Waals surface area contributed by atoms with E-state index in [0.29, 0.717) is 41.2 Å². The van der Waals surface area contributed by atoms with Gasteiger partial charge in [-0.3, -0.25) is 9.78 Å². The first-order valence-electron chi connectivity index (χ1n) is 11.2. The highest BCUT2D eigenvalue weighted by Crippen LogP contribution is 2.34. The van der Waals surface area contributed by atoms with E-state index in [1.54, 1.807) is 43.1 Å². The van der Waals surface area contributed by atoms with E-state index in [4.69, 9.17) is 10.5 Å². The van der Waals surface area contributed by atoms with Gasteiger partial charge in [0.15, 0.2) is 0 Å². The van der Waals surface area contributed by atoms with Crippen molar-refractivity contribution in [2.24, 2.45) is 0 Å². The van der Waals surface area contributed by atoms with E-state index in [0.717, 1.165) is 24.0 Å². The van der Waals surface area contributed by atoms with Gasteiger partial charge in [-0.1, -0.05) is 11.8 Å². The Kier molecular flexibility index (Phi) is 5.47. The largest absolute Gasteiger partial charge is 0.383 e. The van der Waals surface area contributed by atoms with Crippen LogP contribution in [0.3, 0.4) is 0 Å². The lowest BCUT2D eigenvalue weighted by molar-refractivity contribution is 0.0723. The van der Waals surface area contributed by atoms with Crippen molar-refractivity contribution in [3.63, 3.8) is 0 Å². The second-order valence-electron chi connectivity index (χ2n) is 9.31. The summed E-state index contributed by atoms with van der Waals surface area (Å²) in [7, 11) is 0. The number of pyridine rings is 2. The molecule has 8 heteroatoms. The molecule has 0 radical (unpaired) electrons. The van der Waals surface area contributed by atoms with Crippen molar-refractivity contribution >= 4 is 22.6 Å². The van der Waals surface area contributed by atoms with Crippen LogP contribution in [-0.4, -0.2) is 37.5 Å². The van der Waals surface area contributed by atoms with E-state index in [2.05, 4.69) is 21.8 Å². The van der Waals surface area contributed by atoms with Crippen LogP contribution in [0, 0.1) is 17.7 Å². The number of carbonyl (C=O) groups is 1. The van der Waals surface area contributed by atoms with Gasteiger partial charge in [0.25, 0.3) is 5.91 Å². The summed E-state index contributed by atoms with van der Waals surface area (Å²) in [5.41, 5.74) is 8.34. The summed E-state index contributed by atoms with van der Waals surface area (Å²) >= 11 is 0. The van der Waals surface area contributed by atoms with Crippen molar-refractivity contribution in [1.82, 2.24) is 14.9 Å². The molecule has 1 aliphatic carbocycles. The van der Waals surface area contributed by atoms with Gasteiger partial charge in [-0.15, -0.1) is 0 Å². The van der Waals surface area contributed by atoms with Crippen LogP contribution in [0.5, 0.6) is 0 Å². The van der Waals surface area contributed by atoms with Gasteiger partial charge >= 0.3 is 0 Å². The van der Waals surface area contributed by atoms with Crippen LogP contribution < -0.4 is 5.73 Å². The molecule has 2 aromatic heterocycles. The Bertz CT molecular complexity index is 1350. The molecule has 3 aromatic rings. The number of nitrogen functional groups attached to an aromatic ring is 1. The van der Waals surface area contributed by atoms with Gasteiger partial charge in [0.05, 0.1) is 36.5 Å². The molecule has 1 amide bonds. The number of carbonyl (C=O) groups excluding carboxylic acids is 1. The van der Waals surface area contributed by atoms with E-state index in [9.17, 15) is 9.90 Å². The van der Waals surface area contributed by atoms with Crippen LogP contribution in [0.4, 0.5) is 10.2 Å². The van der Waals surface area contributed by atoms with Crippen LogP contribution in [-0.2, 0) is 24.5 Å². The number of ether oxygens (including phenoxy) is 1. The smallest absolute Gasteiger partial charge is 0.257 e. The molecule has 34 heavy (non-hydrogen) atoms. The second kappa shape index (κ2) is 8.35. The summed E-state index contributed by atoms with van der Waals surface area (Å²) in [5, 5.41) is 10.4. The minimum atomic E-state index is -1.09. The number of nitrogens with two attached hydrogens (primary N) is 1. The molecule has 0 saturated heterocycles. The van der Waals surface area contributed by atoms with Crippen molar-refractivity contribution in [1.29, 1.82) is 0 Å². The molecule has 7 nitrogen and oxygen atoms in total. The Balaban J connectivity index is 1.44. The minimum Gasteiger partial charge on any atom is -0.383 e. The fourth-order valence-corrected chi connectivity index (χ4v) is 4.06. The van der Waals surface area contributed by atoms with Crippen molar-refractivity contribution in [3.05, 3.63) is 64.2 Å². The van der Waals surface area contributed by atoms with Crippen LogP contribution in [0.15, 0.2) is 30.5 Å². The van der Waals surface area contributed by atoms with E-state index in [1.165, 1.54) is 6.07 Å². The van der Waals surface area contributed by atoms with Crippen molar-refractivity contribution < 1.29 is 19.0 Å². The molecule has 1 saturated carbocycles. The van der Waals surface area contributed by atoms with Crippen molar-refractivity contribution in [2.45, 2.75) is 58.1 Å². The topological polar surface area (TPSA) is 102 Å². The lowest BCUT2D eigenvalue weighted by atomic mass is 10.0. The summed E-state index contributed by atoms with van der Waals surface area (Å²) in [6.07, 6.45) is 3.36. The zero-order valence-electron chi connectivity index (χ0n) is 19.1. The molecule has 174 valence electrons. The normalized spacial score (nSPS) is 15.1. The summed E-state index contributed by atoms with van der Waals surface area (Å²) in [6.45, 7) is 4.21. The fraction of sp³-hybridized carbons (Fsp3) is 0.346. The summed E-state index contributed by atoms with van der Waals surface area (Å²) < 4.78 is 20.6. The molecular weight excluding hydrogens is 435 g/mol. The van der Waals surface area contributed by atoms with Crippen molar-refractivity contribution in [2.75, 3.05) is 5.73 Å². The third kappa shape index (κ3) is 4.45. The highest BCUT2D eigenvalue weighted by Gasteiger charge is 2.35. The first-order valence-corrected chi connectivity index (χ1v) is 11.2. The number of benzene rings is 1. The minimum absolute atomic E-state index is 0.00716.